The molecule has 1 saturated heterocycles. The highest BCUT2D eigenvalue weighted by Gasteiger charge is 2.32. The van der Waals surface area contributed by atoms with E-state index in [9.17, 15) is 4.79 Å². The summed E-state index contributed by atoms with van der Waals surface area (Å²) < 4.78 is 6.91. The Bertz CT molecular complexity index is 633. The smallest absolute Gasteiger partial charge is 0.272 e. The molecule has 7 heteroatoms. The SMILES string of the molecule is Cc1noc(C2CCCCCN2C(=O)c2ccnn2C)n1. The van der Waals surface area contributed by atoms with Crippen molar-refractivity contribution in [2.75, 3.05) is 6.54 Å². The molecule has 21 heavy (non-hydrogen) atoms. The molecule has 0 N–H and O–H groups in total. The number of amides is 1. The Balaban J connectivity index is 1.92. The number of hydrogen-bond acceptors (Lipinski definition) is 5. The number of nitrogens with zero attached hydrogens (tertiary/aromatic N) is 5. The minimum atomic E-state index is -0.143. The number of hydrogen-bond donors (Lipinski definition) is 0. The molecule has 2 aromatic heterocycles. The first kappa shape index (κ1) is 13.8. The quantitative estimate of drug-likeness (QED) is 0.843. The van der Waals surface area contributed by atoms with Gasteiger partial charge in [0.25, 0.3) is 5.91 Å². The molecular formula is C14H19N5O2. The number of aromatic nitrogens is 4. The minimum Gasteiger partial charge on any atom is -0.337 e. The second-order valence-electron chi connectivity index (χ2n) is 5.38. The molecule has 1 amide bonds. The van der Waals surface area contributed by atoms with Gasteiger partial charge in [0, 0.05) is 19.8 Å². The summed E-state index contributed by atoms with van der Waals surface area (Å²) in [6.45, 7) is 2.49. The molecule has 1 fully saturated rings. The Morgan fingerprint density at radius 1 is 1.38 bits per heavy atom. The van der Waals surface area contributed by atoms with Crippen molar-refractivity contribution in [1.29, 1.82) is 0 Å². The van der Waals surface area contributed by atoms with Gasteiger partial charge in [-0.1, -0.05) is 18.0 Å². The summed E-state index contributed by atoms with van der Waals surface area (Å²) in [4.78, 5) is 19.0. The topological polar surface area (TPSA) is 77.0 Å². The van der Waals surface area contributed by atoms with Gasteiger partial charge >= 0.3 is 0 Å². The summed E-state index contributed by atoms with van der Waals surface area (Å²) >= 11 is 0. The molecule has 1 aliphatic heterocycles. The van der Waals surface area contributed by atoms with E-state index in [4.69, 9.17) is 4.52 Å². The van der Waals surface area contributed by atoms with Crippen molar-refractivity contribution < 1.29 is 9.32 Å². The van der Waals surface area contributed by atoms with E-state index in [0.29, 0.717) is 24.0 Å². The third-order valence-corrected chi connectivity index (χ3v) is 3.88. The van der Waals surface area contributed by atoms with Crippen LogP contribution in [0.3, 0.4) is 0 Å². The Labute approximate surface area is 122 Å². The van der Waals surface area contributed by atoms with E-state index in [1.54, 1.807) is 30.9 Å². The predicted molar refractivity (Wildman–Crippen MR) is 74.5 cm³/mol. The van der Waals surface area contributed by atoms with Crippen LogP contribution in [-0.4, -0.2) is 37.3 Å². The second kappa shape index (κ2) is 5.67. The lowest BCUT2D eigenvalue weighted by molar-refractivity contribution is 0.0633. The number of aryl methyl sites for hydroxylation is 2. The molecule has 1 atom stereocenters. The van der Waals surface area contributed by atoms with Crippen LogP contribution in [0.2, 0.25) is 0 Å². The molecule has 2 aromatic rings. The molecule has 112 valence electrons. The molecule has 1 aliphatic rings. The van der Waals surface area contributed by atoms with Gasteiger partial charge in [-0.15, -0.1) is 0 Å². The average molecular weight is 289 g/mol. The zero-order valence-corrected chi connectivity index (χ0v) is 12.3. The van der Waals surface area contributed by atoms with Crippen LogP contribution in [-0.2, 0) is 7.05 Å². The highest BCUT2D eigenvalue weighted by atomic mass is 16.5. The summed E-state index contributed by atoms with van der Waals surface area (Å²) in [6.07, 6.45) is 5.65. The maximum Gasteiger partial charge on any atom is 0.272 e. The van der Waals surface area contributed by atoms with E-state index in [1.165, 1.54) is 0 Å². The third kappa shape index (κ3) is 2.68. The van der Waals surface area contributed by atoms with E-state index in [1.807, 2.05) is 4.90 Å². The molecule has 1 unspecified atom stereocenters. The van der Waals surface area contributed by atoms with Gasteiger partial charge in [0.15, 0.2) is 5.82 Å². The van der Waals surface area contributed by atoms with Gasteiger partial charge < -0.3 is 9.42 Å². The first-order valence-corrected chi connectivity index (χ1v) is 7.26. The zero-order chi connectivity index (χ0) is 14.8. The van der Waals surface area contributed by atoms with Crippen molar-refractivity contribution in [3.63, 3.8) is 0 Å². The molecule has 0 aromatic carbocycles. The van der Waals surface area contributed by atoms with Gasteiger partial charge in [-0.2, -0.15) is 10.1 Å². The van der Waals surface area contributed by atoms with E-state index in [0.717, 1.165) is 25.7 Å². The van der Waals surface area contributed by atoms with E-state index >= 15 is 0 Å². The van der Waals surface area contributed by atoms with Crippen LogP contribution in [0.5, 0.6) is 0 Å². The van der Waals surface area contributed by atoms with Crippen LogP contribution in [0.15, 0.2) is 16.8 Å². The van der Waals surface area contributed by atoms with Crippen molar-refractivity contribution in [2.45, 2.75) is 38.6 Å². The van der Waals surface area contributed by atoms with E-state index in [-0.39, 0.29) is 11.9 Å². The summed E-state index contributed by atoms with van der Waals surface area (Å²) in [7, 11) is 1.77. The lowest BCUT2D eigenvalue weighted by atomic mass is 10.1. The standard InChI is InChI=1S/C14H19N5O2/c1-10-16-13(21-17-10)11-6-4-3-5-9-19(11)14(20)12-7-8-15-18(12)2/h7-8,11H,3-6,9H2,1-2H3. The van der Waals surface area contributed by atoms with Gasteiger partial charge in [-0.25, -0.2) is 0 Å². The number of carbonyl (C=O) groups is 1. The summed E-state index contributed by atoms with van der Waals surface area (Å²) in [5.41, 5.74) is 0.582. The second-order valence-corrected chi connectivity index (χ2v) is 5.38. The summed E-state index contributed by atoms with van der Waals surface area (Å²) in [5, 5.41) is 7.93. The largest absolute Gasteiger partial charge is 0.337 e. The maximum absolute atomic E-state index is 12.8. The predicted octanol–water partition coefficient (Wildman–Crippen LogP) is 1.87. The van der Waals surface area contributed by atoms with Gasteiger partial charge in [0.2, 0.25) is 5.89 Å². The van der Waals surface area contributed by atoms with Crippen LogP contribution in [0.25, 0.3) is 0 Å². The monoisotopic (exact) mass is 289 g/mol. The molecule has 7 nitrogen and oxygen atoms in total. The van der Waals surface area contributed by atoms with Crippen LogP contribution in [0.1, 0.15) is 53.9 Å². The van der Waals surface area contributed by atoms with Crippen molar-refractivity contribution in [3.05, 3.63) is 29.7 Å². The zero-order valence-electron chi connectivity index (χ0n) is 12.3. The molecule has 0 spiro atoms. The molecule has 0 radical (unpaired) electrons. The third-order valence-electron chi connectivity index (χ3n) is 3.88. The van der Waals surface area contributed by atoms with E-state index < -0.39 is 0 Å². The van der Waals surface area contributed by atoms with Gasteiger partial charge in [0.1, 0.15) is 11.7 Å². The fraction of sp³-hybridized carbons (Fsp3) is 0.571. The number of rotatable bonds is 2. The van der Waals surface area contributed by atoms with Crippen LogP contribution < -0.4 is 0 Å². The fourth-order valence-corrected chi connectivity index (χ4v) is 2.79. The Kier molecular flexibility index (Phi) is 3.72. The minimum absolute atomic E-state index is 0.0299. The van der Waals surface area contributed by atoms with Crippen molar-refractivity contribution >= 4 is 5.91 Å². The lowest BCUT2D eigenvalue weighted by Gasteiger charge is -2.27. The highest BCUT2D eigenvalue weighted by molar-refractivity contribution is 5.92. The summed E-state index contributed by atoms with van der Waals surface area (Å²) in [5.74, 6) is 1.10. The van der Waals surface area contributed by atoms with Crippen LogP contribution in [0, 0.1) is 6.92 Å². The average Bonchev–Trinajstić information content (AvgIpc) is 3.00. The van der Waals surface area contributed by atoms with Gasteiger partial charge in [-0.3, -0.25) is 9.48 Å². The first-order valence-electron chi connectivity index (χ1n) is 7.26. The van der Waals surface area contributed by atoms with Gasteiger partial charge in [0.05, 0.1) is 0 Å². The Morgan fingerprint density at radius 2 is 2.24 bits per heavy atom. The van der Waals surface area contributed by atoms with Crippen LogP contribution >= 0.6 is 0 Å². The molecule has 0 aliphatic carbocycles. The van der Waals surface area contributed by atoms with Gasteiger partial charge in [-0.05, 0) is 25.8 Å². The van der Waals surface area contributed by atoms with E-state index in [2.05, 4.69) is 15.2 Å². The number of carbonyl (C=O) groups excluding carboxylic acids is 1. The first-order chi connectivity index (χ1) is 10.2. The maximum atomic E-state index is 12.8. The van der Waals surface area contributed by atoms with Crippen molar-refractivity contribution in [3.8, 4) is 0 Å². The normalized spacial score (nSPS) is 19.5. The molecular weight excluding hydrogens is 270 g/mol. The lowest BCUT2D eigenvalue weighted by Crippen LogP contribution is -2.36. The Morgan fingerprint density at radius 3 is 2.90 bits per heavy atom. The molecule has 3 rings (SSSR count). The Hall–Kier alpha value is -2.18. The molecule has 3 heterocycles. The number of likely N-dealkylation sites (tertiary alicyclic amines) is 1. The fourth-order valence-electron chi connectivity index (χ4n) is 2.79. The van der Waals surface area contributed by atoms with Crippen LogP contribution in [0.4, 0.5) is 0 Å². The van der Waals surface area contributed by atoms with Crippen molar-refractivity contribution in [1.82, 2.24) is 24.8 Å². The molecule has 0 saturated carbocycles. The highest BCUT2D eigenvalue weighted by Crippen LogP contribution is 2.30. The van der Waals surface area contributed by atoms with Crippen molar-refractivity contribution in [2.24, 2.45) is 7.05 Å². The summed E-state index contributed by atoms with van der Waals surface area (Å²) in [6, 6.07) is 1.60. The molecule has 0 bridgehead atoms.